The summed E-state index contributed by atoms with van der Waals surface area (Å²) >= 11 is 0. The number of halogens is 16. The highest BCUT2D eigenvalue weighted by Gasteiger charge is 2.84. The molecule has 1 rings (SSSR count). The lowest BCUT2D eigenvalue weighted by Gasteiger charge is -2.38. The van der Waals surface area contributed by atoms with Gasteiger partial charge in [-0.05, 0) is 24.3 Å². The van der Waals surface area contributed by atoms with E-state index in [1.165, 1.54) is 4.74 Å². The van der Waals surface area contributed by atoms with Gasteiger partial charge in [0.15, 0.2) is 0 Å². The normalized spacial score (nSPS) is 16.4. The van der Waals surface area contributed by atoms with Crippen molar-refractivity contribution < 1.29 is 99.1 Å². The SMILES string of the molecule is O=C(OCCO)c1ccc(OC(F)(F)C(F)OC(F)(F)C(F)(OC(F)(F)C(F)(F)C(F)(F)F)C(F)(F)F)cc1. The van der Waals surface area contributed by atoms with E-state index in [1.54, 1.807) is 0 Å². The van der Waals surface area contributed by atoms with E-state index in [9.17, 15) is 75.0 Å². The van der Waals surface area contributed by atoms with Crippen LogP contribution in [-0.2, 0) is 14.2 Å². The lowest BCUT2D eigenvalue weighted by Crippen LogP contribution is -2.66. The summed E-state index contributed by atoms with van der Waals surface area (Å²) < 4.78 is 221. The third-order valence-electron chi connectivity index (χ3n) is 3.91. The molecule has 0 aromatic heterocycles. The van der Waals surface area contributed by atoms with Gasteiger partial charge in [0.25, 0.3) is 0 Å². The molecular weight excluding hydrogens is 604 g/mol. The number of hydrogen-bond donors (Lipinski definition) is 1. The quantitative estimate of drug-likeness (QED) is 0.239. The van der Waals surface area contributed by atoms with Crippen LogP contribution in [0.2, 0.25) is 0 Å². The molecule has 22 heteroatoms. The van der Waals surface area contributed by atoms with Crippen molar-refractivity contribution in [2.24, 2.45) is 0 Å². The summed E-state index contributed by atoms with van der Waals surface area (Å²) in [6.45, 7) is -1.16. The Morgan fingerprint density at radius 1 is 0.769 bits per heavy atom. The van der Waals surface area contributed by atoms with E-state index in [-0.39, 0.29) is 0 Å². The third-order valence-corrected chi connectivity index (χ3v) is 3.91. The minimum atomic E-state index is -7.80. The van der Waals surface area contributed by atoms with Gasteiger partial charge >= 0.3 is 54.8 Å². The summed E-state index contributed by atoms with van der Waals surface area (Å²) in [4.78, 5) is 11.5. The maximum Gasteiger partial charge on any atom is 0.462 e. The van der Waals surface area contributed by atoms with Crippen LogP contribution in [0, 0.1) is 0 Å². The smallest absolute Gasteiger partial charge is 0.460 e. The lowest BCUT2D eigenvalue weighted by molar-refractivity contribution is -0.543. The molecule has 0 saturated carbocycles. The van der Waals surface area contributed by atoms with Crippen molar-refractivity contribution in [2.75, 3.05) is 13.2 Å². The van der Waals surface area contributed by atoms with Crippen LogP contribution in [0.3, 0.4) is 0 Å². The number of carbonyl (C=O) groups excluding carboxylic acids is 1. The Hall–Kier alpha value is -2.75. The molecular formula is C17H10F16O6. The highest BCUT2D eigenvalue weighted by atomic mass is 19.4. The van der Waals surface area contributed by atoms with Crippen molar-refractivity contribution in [1.82, 2.24) is 0 Å². The summed E-state index contributed by atoms with van der Waals surface area (Å²) in [5, 5.41) is 8.49. The van der Waals surface area contributed by atoms with Crippen LogP contribution in [0.5, 0.6) is 5.75 Å². The molecule has 0 aliphatic heterocycles. The molecule has 39 heavy (non-hydrogen) atoms. The van der Waals surface area contributed by atoms with Gasteiger partial charge in [0.2, 0.25) is 0 Å². The van der Waals surface area contributed by atoms with Gasteiger partial charge in [0.05, 0.1) is 12.2 Å². The molecule has 0 aliphatic rings. The largest absolute Gasteiger partial charge is 0.462 e. The van der Waals surface area contributed by atoms with Gasteiger partial charge in [-0.25, -0.2) is 9.18 Å². The van der Waals surface area contributed by atoms with Gasteiger partial charge in [-0.15, -0.1) is 0 Å². The second-order valence-corrected chi connectivity index (χ2v) is 6.78. The molecule has 0 amide bonds. The summed E-state index contributed by atoms with van der Waals surface area (Å²) in [6.07, 6.45) is -41.8. The van der Waals surface area contributed by atoms with Crippen molar-refractivity contribution in [3.63, 3.8) is 0 Å². The minimum Gasteiger partial charge on any atom is -0.460 e. The van der Waals surface area contributed by atoms with Crippen molar-refractivity contribution in [1.29, 1.82) is 0 Å². The highest BCUT2D eigenvalue weighted by Crippen LogP contribution is 2.55. The van der Waals surface area contributed by atoms with Gasteiger partial charge in [0, 0.05) is 0 Å². The molecule has 0 heterocycles. The predicted octanol–water partition coefficient (Wildman–Crippen LogP) is 5.75. The molecule has 6 nitrogen and oxygen atoms in total. The summed E-state index contributed by atoms with van der Waals surface area (Å²) in [7, 11) is 0. The van der Waals surface area contributed by atoms with Crippen LogP contribution in [0.15, 0.2) is 24.3 Å². The van der Waals surface area contributed by atoms with Crippen LogP contribution in [0.4, 0.5) is 70.2 Å². The first kappa shape index (κ1) is 34.3. The first-order chi connectivity index (χ1) is 17.3. The number of alkyl halides is 16. The molecule has 0 saturated heterocycles. The zero-order chi connectivity index (χ0) is 30.9. The fourth-order valence-corrected chi connectivity index (χ4v) is 2.05. The van der Waals surface area contributed by atoms with Gasteiger partial charge in [-0.3, -0.25) is 9.47 Å². The first-order valence-corrected chi connectivity index (χ1v) is 9.18. The van der Waals surface area contributed by atoms with Crippen molar-refractivity contribution in [3.8, 4) is 5.75 Å². The van der Waals surface area contributed by atoms with Gasteiger partial charge < -0.3 is 14.6 Å². The van der Waals surface area contributed by atoms with Crippen LogP contribution < -0.4 is 4.74 Å². The maximum absolute atomic E-state index is 14.0. The molecule has 0 aliphatic carbocycles. The van der Waals surface area contributed by atoms with E-state index in [0.717, 1.165) is 0 Å². The first-order valence-electron chi connectivity index (χ1n) is 9.18. The van der Waals surface area contributed by atoms with Gasteiger partial charge in [-0.1, -0.05) is 0 Å². The monoisotopic (exact) mass is 614 g/mol. The average Bonchev–Trinajstić information content (AvgIpc) is 2.75. The fourth-order valence-electron chi connectivity index (χ4n) is 2.05. The molecule has 0 radical (unpaired) electrons. The Bertz CT molecular complexity index is 977. The third kappa shape index (κ3) is 7.26. The van der Waals surface area contributed by atoms with Crippen LogP contribution in [0.25, 0.3) is 0 Å². The van der Waals surface area contributed by atoms with Crippen molar-refractivity contribution in [2.45, 2.75) is 48.8 Å². The molecule has 0 fully saturated rings. The molecule has 2 unspecified atom stereocenters. The van der Waals surface area contributed by atoms with Crippen LogP contribution in [-0.4, -0.2) is 73.1 Å². The Kier molecular flexibility index (Phi) is 9.69. The van der Waals surface area contributed by atoms with Gasteiger partial charge in [-0.2, -0.15) is 65.9 Å². The minimum absolute atomic E-state index is 0.367. The average molecular weight is 614 g/mol. The zero-order valence-electron chi connectivity index (χ0n) is 17.8. The number of aliphatic hydroxyl groups excluding tert-OH is 1. The lowest BCUT2D eigenvalue weighted by atomic mass is 10.2. The fraction of sp³-hybridized carbons (Fsp3) is 0.588. The Balaban J connectivity index is 3.23. The molecule has 2 atom stereocenters. The predicted molar refractivity (Wildman–Crippen MR) is 87.2 cm³/mol. The molecule has 0 bridgehead atoms. The summed E-state index contributed by atoms with van der Waals surface area (Å²) in [6, 6.07) is 1.93. The number of carbonyl (C=O) groups is 1. The van der Waals surface area contributed by atoms with E-state index in [0.29, 0.717) is 24.3 Å². The zero-order valence-corrected chi connectivity index (χ0v) is 17.8. The molecule has 226 valence electrons. The van der Waals surface area contributed by atoms with E-state index in [4.69, 9.17) is 5.11 Å². The van der Waals surface area contributed by atoms with E-state index in [1.807, 2.05) is 0 Å². The second kappa shape index (κ2) is 11.0. The number of hydrogen-bond acceptors (Lipinski definition) is 6. The van der Waals surface area contributed by atoms with Crippen LogP contribution >= 0.6 is 0 Å². The summed E-state index contributed by atoms with van der Waals surface area (Å²) in [5.41, 5.74) is -0.445. The van der Waals surface area contributed by atoms with Crippen molar-refractivity contribution in [3.05, 3.63) is 29.8 Å². The number of benzene rings is 1. The number of aliphatic hydroxyl groups is 1. The Morgan fingerprint density at radius 3 is 1.67 bits per heavy atom. The highest BCUT2D eigenvalue weighted by molar-refractivity contribution is 5.89. The second-order valence-electron chi connectivity index (χ2n) is 6.78. The molecule has 1 aromatic carbocycles. The number of rotatable bonds is 12. The van der Waals surface area contributed by atoms with Gasteiger partial charge in [0.1, 0.15) is 12.4 Å². The van der Waals surface area contributed by atoms with E-state index in [2.05, 4.69) is 14.2 Å². The number of ether oxygens (including phenoxy) is 4. The van der Waals surface area contributed by atoms with E-state index < -0.39 is 79.3 Å². The topological polar surface area (TPSA) is 74.2 Å². The Morgan fingerprint density at radius 2 is 1.26 bits per heavy atom. The maximum atomic E-state index is 14.0. The molecule has 0 spiro atoms. The molecule has 1 N–H and O–H groups in total. The Labute approximate surface area is 204 Å². The standard InChI is InChI=1S/C17H10F16O6/c18-10(11(19,20)37-8-3-1-7(2-4-8)9(35)36-6-5-34)38-17(32,33)13(23,15(27,28)29)39-16(30,31)12(21,22)14(24,25)26/h1-4,10,34H,5-6H2. The molecule has 1 aromatic rings. The van der Waals surface area contributed by atoms with Crippen LogP contribution in [0.1, 0.15) is 10.4 Å². The summed E-state index contributed by atoms with van der Waals surface area (Å²) in [5.74, 6) is -18.0. The number of esters is 1. The van der Waals surface area contributed by atoms with Crippen molar-refractivity contribution >= 4 is 5.97 Å². The van der Waals surface area contributed by atoms with E-state index >= 15 is 0 Å².